The van der Waals surface area contributed by atoms with Crippen LogP contribution in [0.5, 0.6) is 0 Å². The summed E-state index contributed by atoms with van der Waals surface area (Å²) in [4.78, 5) is 14.3. The monoisotopic (exact) mass is 221 g/mol. The van der Waals surface area contributed by atoms with Crippen LogP contribution in [0.2, 0.25) is 0 Å². The summed E-state index contributed by atoms with van der Waals surface area (Å²) in [5, 5.41) is 0. The summed E-state index contributed by atoms with van der Waals surface area (Å²) < 4.78 is 4.60. The van der Waals surface area contributed by atoms with Crippen molar-refractivity contribution in [3.63, 3.8) is 0 Å². The first-order chi connectivity index (χ1) is 5.70. The van der Waals surface area contributed by atoms with E-state index in [1.165, 1.54) is 0 Å². The Labute approximate surface area is 87.5 Å². The molecule has 0 saturated heterocycles. The smallest absolute Gasteiger partial charge is 0.404 e. The molecule has 13 heavy (non-hydrogen) atoms. The van der Waals surface area contributed by atoms with Gasteiger partial charge in [-0.05, 0) is 13.0 Å². The molecule has 1 aromatic rings. The Kier molecular flexibility index (Phi) is 5.42. The summed E-state index contributed by atoms with van der Waals surface area (Å²) in [5.74, 6) is 0. The van der Waals surface area contributed by atoms with Crippen LogP contribution in [-0.2, 0) is 11.3 Å². The van der Waals surface area contributed by atoms with E-state index in [0.717, 1.165) is 11.3 Å². The first kappa shape index (κ1) is 12.2. The zero-order valence-electron chi connectivity index (χ0n) is 6.99. The van der Waals surface area contributed by atoms with Gasteiger partial charge in [-0.3, -0.25) is 4.98 Å². The molecule has 3 nitrogen and oxygen atoms in total. The van der Waals surface area contributed by atoms with Crippen LogP contribution < -0.4 is 0 Å². The van der Waals surface area contributed by atoms with Crippen LogP contribution in [0, 0.1) is 6.92 Å². The molecule has 1 heterocycles. The topological polar surface area (TPSA) is 39.2 Å². The zero-order valence-corrected chi connectivity index (χ0v) is 8.56. The molecule has 1 rings (SSSR count). The maximum atomic E-state index is 10.3. The van der Waals surface area contributed by atoms with Crippen LogP contribution in [0.3, 0.4) is 0 Å². The highest BCUT2D eigenvalue weighted by Gasteiger charge is 2.00. The molecule has 0 radical (unpaired) electrons. The molecule has 0 aliphatic heterocycles. The lowest BCUT2D eigenvalue weighted by molar-refractivity contribution is 0.166. The van der Waals surface area contributed by atoms with E-state index in [4.69, 9.17) is 11.6 Å². The minimum atomic E-state index is -0.793. The van der Waals surface area contributed by atoms with Crippen molar-refractivity contribution >= 4 is 29.4 Å². The van der Waals surface area contributed by atoms with Crippen LogP contribution in [-0.4, -0.2) is 10.4 Å². The molecule has 0 aliphatic carbocycles. The molecule has 0 aromatic carbocycles. The SMILES string of the molecule is Cc1ncccc1COC(=O)Cl.Cl. The number of pyridine rings is 1. The highest BCUT2D eigenvalue weighted by molar-refractivity contribution is 6.61. The Balaban J connectivity index is 0.00000144. The number of halogens is 2. The molecule has 5 heteroatoms. The number of rotatable bonds is 2. The minimum Gasteiger partial charge on any atom is -0.449 e. The fraction of sp³-hybridized carbons (Fsp3) is 0.250. The third-order valence-electron chi connectivity index (χ3n) is 1.46. The number of ether oxygens (including phenoxy) is 1. The lowest BCUT2D eigenvalue weighted by Crippen LogP contribution is -1.97. The zero-order chi connectivity index (χ0) is 8.97. The van der Waals surface area contributed by atoms with E-state index in [-0.39, 0.29) is 19.0 Å². The van der Waals surface area contributed by atoms with Crippen molar-refractivity contribution in [2.45, 2.75) is 13.5 Å². The maximum Gasteiger partial charge on any atom is 0.404 e. The second kappa shape index (κ2) is 5.78. The van der Waals surface area contributed by atoms with Gasteiger partial charge in [0.25, 0.3) is 0 Å². The van der Waals surface area contributed by atoms with Crippen molar-refractivity contribution in [1.82, 2.24) is 4.98 Å². The van der Waals surface area contributed by atoms with Gasteiger partial charge in [-0.15, -0.1) is 12.4 Å². The molecule has 0 atom stereocenters. The molecule has 0 bridgehead atoms. The lowest BCUT2D eigenvalue weighted by Gasteiger charge is -2.02. The molecule has 0 N–H and O–H groups in total. The van der Waals surface area contributed by atoms with Gasteiger partial charge in [0.1, 0.15) is 6.61 Å². The van der Waals surface area contributed by atoms with Gasteiger partial charge < -0.3 is 4.74 Å². The highest BCUT2D eigenvalue weighted by atomic mass is 35.5. The maximum absolute atomic E-state index is 10.3. The molecule has 0 spiro atoms. The van der Waals surface area contributed by atoms with Crippen LogP contribution >= 0.6 is 24.0 Å². The first-order valence-corrected chi connectivity index (χ1v) is 3.80. The number of hydrogen-bond donors (Lipinski definition) is 0. The number of hydrogen-bond acceptors (Lipinski definition) is 3. The Morgan fingerprint density at radius 2 is 2.38 bits per heavy atom. The Morgan fingerprint density at radius 1 is 1.69 bits per heavy atom. The first-order valence-electron chi connectivity index (χ1n) is 3.43. The van der Waals surface area contributed by atoms with Gasteiger partial charge in [0, 0.05) is 29.1 Å². The number of aryl methyl sites for hydroxylation is 1. The Morgan fingerprint density at radius 3 is 2.92 bits per heavy atom. The van der Waals surface area contributed by atoms with Gasteiger partial charge in [-0.25, -0.2) is 4.79 Å². The lowest BCUT2D eigenvalue weighted by atomic mass is 10.2. The van der Waals surface area contributed by atoms with Gasteiger partial charge in [-0.2, -0.15) is 0 Å². The van der Waals surface area contributed by atoms with Crippen molar-refractivity contribution in [2.75, 3.05) is 0 Å². The number of aromatic nitrogens is 1. The third kappa shape index (κ3) is 4.10. The molecule has 0 saturated carbocycles. The predicted octanol–water partition coefficient (Wildman–Crippen LogP) is 2.69. The summed E-state index contributed by atoms with van der Waals surface area (Å²) in [6.07, 6.45) is 1.68. The van der Waals surface area contributed by atoms with Crippen LogP contribution in [0.25, 0.3) is 0 Å². The van der Waals surface area contributed by atoms with E-state index in [9.17, 15) is 4.79 Å². The van der Waals surface area contributed by atoms with Crippen molar-refractivity contribution in [2.24, 2.45) is 0 Å². The van der Waals surface area contributed by atoms with E-state index in [2.05, 4.69) is 9.72 Å². The van der Waals surface area contributed by atoms with Crippen molar-refractivity contribution in [3.8, 4) is 0 Å². The Bertz CT molecular complexity index is 291. The summed E-state index contributed by atoms with van der Waals surface area (Å²) in [6, 6.07) is 3.62. The second-order valence-electron chi connectivity index (χ2n) is 2.27. The third-order valence-corrected chi connectivity index (χ3v) is 1.57. The molecular weight excluding hydrogens is 213 g/mol. The summed E-state index contributed by atoms with van der Waals surface area (Å²) in [7, 11) is 0. The standard InChI is InChI=1S/C8H8ClNO2.ClH/c1-6-7(3-2-4-10-6)5-12-8(9)11;/h2-4H,5H2,1H3;1H. The Hall–Kier alpha value is -0.800. The molecule has 1 aromatic heterocycles. The van der Waals surface area contributed by atoms with Crippen LogP contribution in [0.15, 0.2) is 18.3 Å². The van der Waals surface area contributed by atoms with Gasteiger partial charge in [0.2, 0.25) is 0 Å². The number of nitrogens with zero attached hydrogens (tertiary/aromatic N) is 1. The molecule has 0 unspecified atom stereocenters. The quantitative estimate of drug-likeness (QED) is 0.722. The van der Waals surface area contributed by atoms with Gasteiger partial charge in [-0.1, -0.05) is 6.07 Å². The summed E-state index contributed by atoms with van der Waals surface area (Å²) in [6.45, 7) is 2.03. The van der Waals surface area contributed by atoms with Gasteiger partial charge >= 0.3 is 5.43 Å². The summed E-state index contributed by atoms with van der Waals surface area (Å²) in [5.41, 5.74) is 0.917. The fourth-order valence-electron chi connectivity index (χ4n) is 0.805. The normalized spacial score (nSPS) is 8.77. The number of carbonyl (C=O) groups is 1. The predicted molar refractivity (Wildman–Crippen MR) is 52.3 cm³/mol. The number of carbonyl (C=O) groups excluding carboxylic acids is 1. The molecule has 72 valence electrons. The van der Waals surface area contributed by atoms with E-state index in [0.29, 0.717) is 0 Å². The average molecular weight is 222 g/mol. The molecular formula is C8H9Cl2NO2. The van der Waals surface area contributed by atoms with E-state index < -0.39 is 5.43 Å². The van der Waals surface area contributed by atoms with Crippen LogP contribution in [0.4, 0.5) is 4.79 Å². The van der Waals surface area contributed by atoms with E-state index >= 15 is 0 Å². The minimum absolute atomic E-state index is 0. The molecule has 0 aliphatic rings. The van der Waals surface area contributed by atoms with E-state index in [1.807, 2.05) is 13.0 Å². The van der Waals surface area contributed by atoms with Crippen molar-refractivity contribution < 1.29 is 9.53 Å². The van der Waals surface area contributed by atoms with Crippen molar-refractivity contribution in [1.29, 1.82) is 0 Å². The van der Waals surface area contributed by atoms with Crippen LogP contribution in [0.1, 0.15) is 11.3 Å². The molecule has 0 amide bonds. The molecule has 0 fully saturated rings. The van der Waals surface area contributed by atoms with Gasteiger partial charge in [0.15, 0.2) is 0 Å². The van der Waals surface area contributed by atoms with E-state index in [1.54, 1.807) is 12.3 Å². The largest absolute Gasteiger partial charge is 0.449 e. The average Bonchev–Trinajstić information content (AvgIpc) is 2.03. The second-order valence-corrected chi connectivity index (χ2v) is 2.58. The highest BCUT2D eigenvalue weighted by Crippen LogP contribution is 2.05. The fourth-order valence-corrected chi connectivity index (χ4v) is 0.859. The van der Waals surface area contributed by atoms with Crippen molar-refractivity contribution in [3.05, 3.63) is 29.6 Å². The summed E-state index contributed by atoms with van der Waals surface area (Å²) >= 11 is 5.00. The van der Waals surface area contributed by atoms with Gasteiger partial charge in [0.05, 0.1) is 0 Å².